The minimum Gasteiger partial charge on any atom is -0.478 e. The third-order valence-electron chi connectivity index (χ3n) is 2.62. The van der Waals surface area contributed by atoms with Gasteiger partial charge in [0.15, 0.2) is 0 Å². The van der Waals surface area contributed by atoms with Gasteiger partial charge in [-0.3, -0.25) is 0 Å². The van der Waals surface area contributed by atoms with Crippen LogP contribution >= 0.6 is 11.6 Å². The van der Waals surface area contributed by atoms with E-state index >= 15 is 0 Å². The lowest BCUT2D eigenvalue weighted by Crippen LogP contribution is -2.02. The molecule has 0 amide bonds. The Balaban J connectivity index is 2.39. The van der Waals surface area contributed by atoms with Gasteiger partial charge in [0, 0.05) is 16.8 Å². The average molecular weight is 293 g/mol. The van der Waals surface area contributed by atoms with E-state index in [1.165, 1.54) is 12.1 Å². The number of carboxylic acids is 1. The molecule has 0 atom stereocenters. The first-order valence-corrected chi connectivity index (χ1v) is 6.42. The maximum atomic E-state index is 11.2. The molecule has 104 valence electrons. The van der Waals surface area contributed by atoms with Crippen LogP contribution in [0.5, 0.6) is 11.6 Å². The number of hydrogen-bond donors (Lipinski definition) is 1. The highest BCUT2D eigenvalue weighted by Crippen LogP contribution is 2.27. The first-order valence-electron chi connectivity index (χ1n) is 6.05. The molecule has 1 heterocycles. The van der Waals surface area contributed by atoms with Crippen LogP contribution in [0, 0.1) is 6.92 Å². The van der Waals surface area contributed by atoms with Gasteiger partial charge in [-0.05, 0) is 31.5 Å². The summed E-state index contributed by atoms with van der Waals surface area (Å²) in [5.74, 6) is -0.0181. The van der Waals surface area contributed by atoms with Crippen LogP contribution in [0.25, 0.3) is 0 Å². The maximum Gasteiger partial charge on any atom is 0.339 e. The van der Waals surface area contributed by atoms with E-state index in [1.54, 1.807) is 19.1 Å². The van der Waals surface area contributed by atoms with Crippen LogP contribution < -0.4 is 4.74 Å². The first-order chi connectivity index (χ1) is 9.49. The Morgan fingerprint density at radius 2 is 2.10 bits per heavy atom. The summed E-state index contributed by atoms with van der Waals surface area (Å²) in [7, 11) is 0. The number of rotatable bonds is 4. The van der Waals surface area contributed by atoms with E-state index in [-0.39, 0.29) is 11.3 Å². The van der Waals surface area contributed by atoms with Gasteiger partial charge < -0.3 is 9.84 Å². The highest BCUT2D eigenvalue weighted by atomic mass is 35.5. The summed E-state index contributed by atoms with van der Waals surface area (Å²) >= 11 is 5.79. The number of aromatic carboxylic acids is 1. The summed E-state index contributed by atoms with van der Waals surface area (Å²) in [6, 6.07) is 6.11. The molecule has 2 aromatic rings. The van der Waals surface area contributed by atoms with Gasteiger partial charge in [0.2, 0.25) is 5.88 Å². The van der Waals surface area contributed by atoms with Crippen LogP contribution in [0.2, 0.25) is 5.02 Å². The molecule has 0 radical (unpaired) electrons. The molecule has 0 saturated heterocycles. The van der Waals surface area contributed by atoms with E-state index in [9.17, 15) is 4.79 Å². The molecule has 1 aromatic carbocycles. The fourth-order valence-corrected chi connectivity index (χ4v) is 1.88. The molecule has 0 unspecified atom stereocenters. The van der Waals surface area contributed by atoms with Gasteiger partial charge in [0.05, 0.1) is 0 Å². The summed E-state index contributed by atoms with van der Waals surface area (Å²) in [5, 5.41) is 9.49. The van der Waals surface area contributed by atoms with Crippen molar-refractivity contribution in [2.24, 2.45) is 0 Å². The monoisotopic (exact) mass is 292 g/mol. The number of carbonyl (C=O) groups is 1. The molecule has 0 bridgehead atoms. The zero-order valence-electron chi connectivity index (χ0n) is 11.1. The van der Waals surface area contributed by atoms with Crippen molar-refractivity contribution in [3.63, 3.8) is 0 Å². The maximum absolute atomic E-state index is 11.2. The molecule has 2 rings (SSSR count). The summed E-state index contributed by atoms with van der Waals surface area (Å²) in [4.78, 5) is 19.6. The normalized spacial score (nSPS) is 10.3. The zero-order valence-corrected chi connectivity index (χ0v) is 11.8. The number of benzene rings is 1. The Morgan fingerprint density at radius 3 is 2.75 bits per heavy atom. The van der Waals surface area contributed by atoms with Crippen molar-refractivity contribution in [2.45, 2.75) is 20.3 Å². The number of hydrogen-bond acceptors (Lipinski definition) is 4. The van der Waals surface area contributed by atoms with E-state index < -0.39 is 5.97 Å². The minimum atomic E-state index is -1.11. The predicted molar refractivity (Wildman–Crippen MR) is 74.6 cm³/mol. The lowest BCUT2D eigenvalue weighted by molar-refractivity contribution is 0.0694. The Bertz CT molecular complexity index is 659. The quantitative estimate of drug-likeness (QED) is 0.934. The summed E-state index contributed by atoms with van der Waals surface area (Å²) in [6.45, 7) is 3.72. The smallest absolute Gasteiger partial charge is 0.339 e. The molecule has 0 saturated carbocycles. The number of halogens is 1. The van der Waals surface area contributed by atoms with E-state index in [0.717, 1.165) is 12.1 Å². The van der Waals surface area contributed by atoms with Gasteiger partial charge in [-0.2, -0.15) is 4.98 Å². The third kappa shape index (κ3) is 3.24. The molecular weight excluding hydrogens is 280 g/mol. The fraction of sp³-hybridized carbons (Fsp3) is 0.214. The van der Waals surface area contributed by atoms with E-state index in [4.69, 9.17) is 21.4 Å². The molecule has 1 aromatic heterocycles. The van der Waals surface area contributed by atoms with Crippen molar-refractivity contribution >= 4 is 17.6 Å². The summed E-state index contributed by atoms with van der Waals surface area (Å²) in [5.41, 5.74) is 0.824. The molecule has 6 heteroatoms. The molecule has 0 fully saturated rings. The van der Waals surface area contributed by atoms with Crippen LogP contribution in [0.15, 0.2) is 24.3 Å². The van der Waals surface area contributed by atoms with Gasteiger partial charge in [-0.25, -0.2) is 9.78 Å². The standard InChI is InChI=1S/C14H13ClN2O3/c1-3-10-7-13(17-8(2)16-10)20-12-5-4-9(15)6-11(12)14(18)19/h4-7H,3H2,1-2H3,(H,18,19). The van der Waals surface area contributed by atoms with Crippen molar-refractivity contribution in [1.82, 2.24) is 9.97 Å². The Labute approximate surface area is 121 Å². The van der Waals surface area contributed by atoms with Crippen LogP contribution in [0.4, 0.5) is 0 Å². The summed E-state index contributed by atoms with van der Waals surface area (Å²) in [6.07, 6.45) is 0.742. The number of aromatic nitrogens is 2. The predicted octanol–water partition coefficient (Wildman–Crippen LogP) is 3.49. The first kappa shape index (κ1) is 14.3. The fourth-order valence-electron chi connectivity index (χ4n) is 1.70. The Morgan fingerprint density at radius 1 is 1.35 bits per heavy atom. The minimum absolute atomic E-state index is 0.00758. The molecule has 1 N–H and O–H groups in total. The van der Waals surface area contributed by atoms with Crippen molar-refractivity contribution in [3.05, 3.63) is 46.4 Å². The number of nitrogens with zero attached hydrogens (tertiary/aromatic N) is 2. The van der Waals surface area contributed by atoms with Gasteiger partial charge in [0.1, 0.15) is 17.1 Å². The molecular formula is C14H13ClN2O3. The molecule has 0 aliphatic heterocycles. The second kappa shape index (κ2) is 5.88. The Hall–Kier alpha value is -2.14. The third-order valence-corrected chi connectivity index (χ3v) is 2.85. The van der Waals surface area contributed by atoms with Crippen LogP contribution in [-0.2, 0) is 6.42 Å². The van der Waals surface area contributed by atoms with Gasteiger partial charge >= 0.3 is 5.97 Å². The van der Waals surface area contributed by atoms with Crippen LogP contribution in [0.1, 0.15) is 28.8 Å². The largest absolute Gasteiger partial charge is 0.478 e. The van der Waals surface area contributed by atoms with Crippen LogP contribution in [0.3, 0.4) is 0 Å². The lowest BCUT2D eigenvalue weighted by Gasteiger charge is -2.09. The number of carboxylic acid groups (broad SMARTS) is 1. The molecule has 20 heavy (non-hydrogen) atoms. The summed E-state index contributed by atoms with van der Waals surface area (Å²) < 4.78 is 5.56. The van der Waals surface area contributed by atoms with Crippen molar-refractivity contribution in [2.75, 3.05) is 0 Å². The molecule has 0 aliphatic carbocycles. The van der Waals surface area contributed by atoms with E-state index in [0.29, 0.717) is 16.7 Å². The Kier molecular flexibility index (Phi) is 4.20. The second-order valence-electron chi connectivity index (χ2n) is 4.15. The number of ether oxygens (including phenoxy) is 1. The van der Waals surface area contributed by atoms with Crippen molar-refractivity contribution in [1.29, 1.82) is 0 Å². The van der Waals surface area contributed by atoms with Crippen LogP contribution in [-0.4, -0.2) is 21.0 Å². The SMILES string of the molecule is CCc1cc(Oc2ccc(Cl)cc2C(=O)O)nc(C)n1. The van der Waals surface area contributed by atoms with Gasteiger partial charge in [0.25, 0.3) is 0 Å². The van der Waals surface area contributed by atoms with E-state index in [2.05, 4.69) is 9.97 Å². The molecule has 5 nitrogen and oxygen atoms in total. The van der Waals surface area contributed by atoms with Crippen molar-refractivity contribution in [3.8, 4) is 11.6 Å². The topological polar surface area (TPSA) is 72.3 Å². The highest BCUT2D eigenvalue weighted by molar-refractivity contribution is 6.31. The average Bonchev–Trinajstić information content (AvgIpc) is 2.40. The van der Waals surface area contributed by atoms with E-state index in [1.807, 2.05) is 6.92 Å². The number of aryl methyl sites for hydroxylation is 2. The molecule has 0 spiro atoms. The van der Waals surface area contributed by atoms with Gasteiger partial charge in [-0.15, -0.1) is 0 Å². The van der Waals surface area contributed by atoms with Crippen molar-refractivity contribution < 1.29 is 14.6 Å². The molecule has 0 aliphatic rings. The van der Waals surface area contributed by atoms with Gasteiger partial charge in [-0.1, -0.05) is 18.5 Å². The lowest BCUT2D eigenvalue weighted by atomic mass is 10.2. The zero-order chi connectivity index (χ0) is 14.7. The highest BCUT2D eigenvalue weighted by Gasteiger charge is 2.14. The second-order valence-corrected chi connectivity index (χ2v) is 4.58.